The molecule has 0 radical (unpaired) electrons. The van der Waals surface area contributed by atoms with Crippen molar-refractivity contribution in [3.8, 4) is 0 Å². The number of hydrogen-bond acceptors (Lipinski definition) is 4. The molecule has 0 aromatic rings. The first kappa shape index (κ1) is 19.1. The van der Waals surface area contributed by atoms with Gasteiger partial charge in [0.05, 0.1) is 0 Å². The molecular weight excluding hydrogens is 254 g/mol. The van der Waals surface area contributed by atoms with Crippen molar-refractivity contribution < 1.29 is 9.63 Å². The Labute approximate surface area is 123 Å². The summed E-state index contributed by atoms with van der Waals surface area (Å²) in [5.74, 6) is -0.511. The molecule has 0 atom stereocenters. The number of carbonyl (C=O) groups excluding carboxylic acids is 1. The summed E-state index contributed by atoms with van der Waals surface area (Å²) in [6.45, 7) is 2.25. The number of rotatable bonds is 15. The Bertz CT molecular complexity index is 232. The van der Waals surface area contributed by atoms with Gasteiger partial charge in [0.1, 0.15) is 0 Å². The van der Waals surface area contributed by atoms with Crippen LogP contribution in [0.4, 0.5) is 0 Å². The lowest BCUT2D eigenvalue weighted by molar-refractivity contribution is -0.144. The molecule has 0 heterocycles. The van der Waals surface area contributed by atoms with E-state index in [1.54, 1.807) is 0 Å². The standard InChI is InChI=1S/C16H31NO3/c1-2-3-4-5-6-7-8-9-10-11-12-13-14-15-16(18)20-17-19/h2-15H2,1H3. The number of unbranched alkanes of at least 4 members (excludes halogenated alkanes) is 12. The fraction of sp³-hybridized carbons (Fsp3) is 0.938. The van der Waals surface area contributed by atoms with Crippen molar-refractivity contribution in [1.82, 2.24) is 0 Å². The molecule has 0 aromatic heterocycles. The minimum Gasteiger partial charge on any atom is -0.285 e. The van der Waals surface area contributed by atoms with Gasteiger partial charge in [-0.2, -0.15) is 0 Å². The van der Waals surface area contributed by atoms with Crippen LogP contribution in [0.2, 0.25) is 0 Å². The highest BCUT2D eigenvalue weighted by Crippen LogP contribution is 2.13. The van der Waals surface area contributed by atoms with E-state index in [0.717, 1.165) is 19.3 Å². The minimum absolute atomic E-state index is 0.309. The van der Waals surface area contributed by atoms with Crippen LogP contribution >= 0.6 is 0 Å². The predicted octanol–water partition coefficient (Wildman–Crippen LogP) is 5.69. The van der Waals surface area contributed by atoms with Crippen LogP contribution in [0, 0.1) is 4.91 Å². The molecule has 0 aromatic carbocycles. The molecule has 0 aliphatic rings. The SMILES string of the molecule is CCCCCCCCCCCCCCCC(=O)ON=O. The monoisotopic (exact) mass is 285 g/mol. The van der Waals surface area contributed by atoms with E-state index >= 15 is 0 Å². The van der Waals surface area contributed by atoms with Crippen LogP contribution in [-0.2, 0) is 9.63 Å². The highest BCUT2D eigenvalue weighted by molar-refractivity contribution is 5.68. The van der Waals surface area contributed by atoms with Crippen LogP contribution in [-0.4, -0.2) is 5.97 Å². The lowest BCUT2D eigenvalue weighted by Gasteiger charge is -2.02. The van der Waals surface area contributed by atoms with Crippen LogP contribution in [0.5, 0.6) is 0 Å². The molecule has 4 nitrogen and oxygen atoms in total. The summed E-state index contributed by atoms with van der Waals surface area (Å²) >= 11 is 0. The van der Waals surface area contributed by atoms with Crippen molar-refractivity contribution in [3.05, 3.63) is 4.91 Å². The molecule has 0 unspecified atom stereocenters. The van der Waals surface area contributed by atoms with Gasteiger partial charge in [0, 0.05) is 6.42 Å². The summed E-state index contributed by atoms with van der Waals surface area (Å²) in [4.78, 5) is 24.5. The van der Waals surface area contributed by atoms with Crippen molar-refractivity contribution in [3.63, 3.8) is 0 Å². The second-order valence-corrected chi connectivity index (χ2v) is 5.53. The molecule has 0 saturated carbocycles. The highest BCUT2D eigenvalue weighted by atomic mass is 16.7. The predicted molar refractivity (Wildman–Crippen MR) is 82.2 cm³/mol. The number of nitrogens with zero attached hydrogens (tertiary/aromatic N) is 1. The zero-order valence-corrected chi connectivity index (χ0v) is 13.1. The first-order chi connectivity index (χ1) is 9.81. The summed E-state index contributed by atoms with van der Waals surface area (Å²) < 4.78 is 0. The maximum atomic E-state index is 10.8. The summed E-state index contributed by atoms with van der Waals surface area (Å²) in [7, 11) is 0. The van der Waals surface area contributed by atoms with Gasteiger partial charge in [-0.1, -0.05) is 84.0 Å². The molecular formula is C16H31NO3. The Morgan fingerprint density at radius 2 is 1.15 bits per heavy atom. The number of carbonyl (C=O) groups is 1. The Kier molecular flexibility index (Phi) is 15.4. The molecule has 0 aliphatic heterocycles. The third kappa shape index (κ3) is 15.1. The van der Waals surface area contributed by atoms with Crippen LogP contribution in [0.3, 0.4) is 0 Å². The fourth-order valence-corrected chi connectivity index (χ4v) is 2.37. The van der Waals surface area contributed by atoms with Gasteiger partial charge in [-0.25, -0.2) is 4.79 Å². The van der Waals surface area contributed by atoms with Gasteiger partial charge in [0.2, 0.25) is 0 Å². The Balaban J connectivity index is 3.02. The third-order valence-electron chi connectivity index (χ3n) is 3.62. The zero-order chi connectivity index (χ0) is 14.9. The van der Waals surface area contributed by atoms with Crippen LogP contribution in [0.15, 0.2) is 5.34 Å². The maximum Gasteiger partial charge on any atom is 0.338 e. The van der Waals surface area contributed by atoms with E-state index in [9.17, 15) is 9.70 Å². The van der Waals surface area contributed by atoms with E-state index in [-0.39, 0.29) is 0 Å². The van der Waals surface area contributed by atoms with E-state index in [1.807, 2.05) is 0 Å². The molecule has 0 amide bonds. The van der Waals surface area contributed by atoms with Gasteiger partial charge in [0.25, 0.3) is 0 Å². The second-order valence-electron chi connectivity index (χ2n) is 5.53. The van der Waals surface area contributed by atoms with Crippen molar-refractivity contribution in [2.45, 2.75) is 96.8 Å². The summed E-state index contributed by atoms with van der Waals surface area (Å²) in [6, 6.07) is 0. The van der Waals surface area contributed by atoms with Crippen LogP contribution in [0.25, 0.3) is 0 Å². The normalized spacial score (nSPS) is 10.4. The van der Waals surface area contributed by atoms with Gasteiger partial charge in [0.15, 0.2) is 5.34 Å². The van der Waals surface area contributed by atoms with Gasteiger partial charge in [-0.05, 0) is 6.42 Å². The first-order valence-corrected chi connectivity index (χ1v) is 8.33. The van der Waals surface area contributed by atoms with E-state index < -0.39 is 5.97 Å². The van der Waals surface area contributed by atoms with E-state index in [4.69, 9.17) is 0 Å². The van der Waals surface area contributed by atoms with Crippen molar-refractivity contribution >= 4 is 5.97 Å². The average molecular weight is 285 g/mol. The van der Waals surface area contributed by atoms with Gasteiger partial charge >= 0.3 is 5.97 Å². The second kappa shape index (κ2) is 16.1. The summed E-state index contributed by atoms with van der Waals surface area (Å²) in [5, 5.41) is 2.12. The smallest absolute Gasteiger partial charge is 0.285 e. The Hall–Kier alpha value is -0.930. The quantitative estimate of drug-likeness (QED) is 0.220. The molecule has 4 heteroatoms. The first-order valence-electron chi connectivity index (χ1n) is 8.33. The van der Waals surface area contributed by atoms with Crippen molar-refractivity contribution in [2.75, 3.05) is 0 Å². The molecule has 0 rings (SSSR count). The minimum atomic E-state index is -0.511. The Morgan fingerprint density at radius 1 is 0.750 bits per heavy atom. The molecule has 0 bridgehead atoms. The van der Waals surface area contributed by atoms with Crippen molar-refractivity contribution in [2.24, 2.45) is 5.34 Å². The van der Waals surface area contributed by atoms with Gasteiger partial charge in [-0.3, -0.25) is 4.84 Å². The third-order valence-corrected chi connectivity index (χ3v) is 3.62. The lowest BCUT2D eigenvalue weighted by atomic mass is 10.0. The van der Waals surface area contributed by atoms with E-state index in [1.165, 1.54) is 64.2 Å². The number of hydrogen-bond donors (Lipinski definition) is 0. The van der Waals surface area contributed by atoms with Crippen LogP contribution < -0.4 is 0 Å². The topological polar surface area (TPSA) is 55.7 Å². The van der Waals surface area contributed by atoms with E-state index in [2.05, 4.69) is 17.1 Å². The zero-order valence-electron chi connectivity index (χ0n) is 13.1. The molecule has 0 aliphatic carbocycles. The summed E-state index contributed by atoms with van der Waals surface area (Å²) in [5.41, 5.74) is 0. The largest absolute Gasteiger partial charge is 0.338 e. The lowest BCUT2D eigenvalue weighted by Crippen LogP contribution is -1.98. The molecule has 118 valence electrons. The van der Waals surface area contributed by atoms with Gasteiger partial charge < -0.3 is 0 Å². The molecule has 20 heavy (non-hydrogen) atoms. The molecule has 0 saturated heterocycles. The van der Waals surface area contributed by atoms with Crippen molar-refractivity contribution in [1.29, 1.82) is 0 Å². The highest BCUT2D eigenvalue weighted by Gasteiger charge is 2.02. The molecule has 0 spiro atoms. The maximum absolute atomic E-state index is 10.8. The van der Waals surface area contributed by atoms with E-state index in [0.29, 0.717) is 6.42 Å². The Morgan fingerprint density at radius 3 is 1.55 bits per heavy atom. The molecule has 0 fully saturated rings. The molecule has 0 N–H and O–H groups in total. The fourth-order valence-electron chi connectivity index (χ4n) is 2.37. The average Bonchev–Trinajstić information content (AvgIpc) is 2.44. The van der Waals surface area contributed by atoms with Gasteiger partial charge in [-0.15, -0.1) is 4.91 Å². The summed E-state index contributed by atoms with van der Waals surface area (Å²) in [6.07, 6.45) is 16.8. The van der Waals surface area contributed by atoms with Crippen LogP contribution in [0.1, 0.15) is 96.8 Å².